The van der Waals surface area contributed by atoms with Crippen LogP contribution in [-0.4, -0.2) is 141 Å². The molecule has 0 aromatic heterocycles. The number of likely N-dealkylation sites (N-methyl/N-ethyl adjacent to an activating group) is 2. The Labute approximate surface area is 271 Å². The Bertz CT molecular complexity index is 1040. The molecule has 14 nitrogen and oxygen atoms in total. The number of nitriles is 1. The Hall–Kier alpha value is -3.39. The number of hydrogen-bond acceptors (Lipinski definition) is 12. The van der Waals surface area contributed by atoms with Crippen molar-refractivity contribution in [1.29, 1.82) is 5.26 Å². The van der Waals surface area contributed by atoms with Crippen LogP contribution in [0.1, 0.15) is 27.2 Å². The van der Waals surface area contributed by atoms with Gasteiger partial charge in [-0.2, -0.15) is 5.26 Å². The minimum absolute atomic E-state index is 0.302. The van der Waals surface area contributed by atoms with Crippen LogP contribution in [0.4, 0.5) is 0 Å². The monoisotopic (exact) mass is 664 g/mol. The average Bonchev–Trinajstić information content (AvgIpc) is 2.87. The number of carbonyl (C=O) groups is 3. The minimum atomic E-state index is -4.41. The first-order valence-electron chi connectivity index (χ1n) is 13.5. The van der Waals surface area contributed by atoms with E-state index in [9.17, 15) is 32.5 Å². The molecule has 15 heteroatoms. The summed E-state index contributed by atoms with van der Waals surface area (Å²) in [5.41, 5.74) is 1.22. The molecule has 0 unspecified atom stereocenters. The molecular weight excluding hydrogens is 608 g/mol. The average molecular weight is 665 g/mol. The Morgan fingerprint density at radius 2 is 1.20 bits per heavy atom. The fraction of sp³-hybridized carbons (Fsp3) is 0.600. The smallest absolute Gasteiger partial charge is 0.333 e. The first-order valence-corrected chi connectivity index (χ1v) is 14.8. The summed E-state index contributed by atoms with van der Waals surface area (Å²) in [6.07, 6.45) is 3.61. The van der Waals surface area contributed by atoms with Gasteiger partial charge >= 0.3 is 11.9 Å². The molecule has 0 rings (SSSR count). The molecule has 0 aliphatic rings. The molecular formula is C30H56N4O10S. The van der Waals surface area contributed by atoms with Crippen LogP contribution in [0, 0.1) is 11.3 Å². The highest BCUT2D eigenvalue weighted by Gasteiger charge is 2.10. The van der Waals surface area contributed by atoms with Crippen molar-refractivity contribution in [3.8, 4) is 6.07 Å². The summed E-state index contributed by atoms with van der Waals surface area (Å²) in [7, 11) is 12.6. The molecule has 0 saturated carbocycles. The maximum Gasteiger partial charge on any atom is 0.333 e. The summed E-state index contributed by atoms with van der Waals surface area (Å²) in [4.78, 5) is 34.0. The van der Waals surface area contributed by atoms with E-state index in [1.54, 1.807) is 32.9 Å². The number of rotatable bonds is 13. The first-order chi connectivity index (χ1) is 20.2. The van der Waals surface area contributed by atoms with Crippen LogP contribution in [0.25, 0.3) is 0 Å². The molecule has 0 atom stereocenters. The van der Waals surface area contributed by atoms with Gasteiger partial charge < -0.3 is 37.8 Å². The molecule has 0 spiro atoms. The van der Waals surface area contributed by atoms with Crippen LogP contribution < -0.4 is 5.11 Å². The highest BCUT2D eigenvalue weighted by atomic mass is 32.3. The van der Waals surface area contributed by atoms with Gasteiger partial charge in [0.15, 0.2) is 0 Å². The molecule has 0 N–H and O–H groups in total. The number of allylic oxidation sites excluding steroid dienone is 1. The second-order valence-electron chi connectivity index (χ2n) is 11.5. The Kier molecular flexibility index (Phi) is 32.0. The van der Waals surface area contributed by atoms with Gasteiger partial charge in [-0.3, -0.25) is 4.18 Å². The van der Waals surface area contributed by atoms with Crippen LogP contribution in [0.3, 0.4) is 0 Å². The molecule has 0 aliphatic carbocycles. The van der Waals surface area contributed by atoms with Crippen molar-refractivity contribution in [3.05, 3.63) is 48.6 Å². The topological polar surface area (TPSA) is 186 Å². The predicted molar refractivity (Wildman–Crippen MR) is 172 cm³/mol. The Morgan fingerprint density at radius 1 is 0.889 bits per heavy atom. The molecule has 0 bridgehead atoms. The summed E-state index contributed by atoms with van der Waals surface area (Å²) in [5, 5.41) is 17.7. The van der Waals surface area contributed by atoms with Gasteiger partial charge in [-0.1, -0.05) is 25.8 Å². The Balaban J connectivity index is -0.000000155. The SMILES string of the molecule is C=C(C)C(=O)OCC[N+](C)(C)C.C=C(C)C(=O)OCC[N+](C)(C)C.C=CC#N.CC(=CCCN(C)C)C(=O)[O-].COS(=O)(=O)[O-]. The van der Waals surface area contributed by atoms with Gasteiger partial charge in [0.1, 0.15) is 26.3 Å². The summed E-state index contributed by atoms with van der Waals surface area (Å²) < 4.78 is 42.5. The van der Waals surface area contributed by atoms with E-state index >= 15 is 0 Å². The minimum Gasteiger partial charge on any atom is -0.726 e. The number of carboxylic acid groups (broad SMARTS) is 1. The molecule has 0 aromatic rings. The molecule has 0 fully saturated rings. The lowest BCUT2D eigenvalue weighted by Crippen LogP contribution is -2.38. The number of quaternary nitrogens is 2. The summed E-state index contributed by atoms with van der Waals surface area (Å²) in [5.74, 6) is -1.68. The van der Waals surface area contributed by atoms with Gasteiger partial charge in [0.25, 0.3) is 0 Å². The number of nitrogens with zero attached hydrogens (tertiary/aromatic N) is 4. The molecule has 0 radical (unpaired) electrons. The lowest BCUT2D eigenvalue weighted by Gasteiger charge is -2.23. The second kappa shape index (κ2) is 28.1. The van der Waals surface area contributed by atoms with Crippen molar-refractivity contribution in [2.45, 2.75) is 27.2 Å². The van der Waals surface area contributed by atoms with Crippen LogP contribution in [0.15, 0.2) is 48.6 Å². The third kappa shape index (κ3) is 56.9. The maximum absolute atomic E-state index is 10.9. The van der Waals surface area contributed by atoms with Gasteiger partial charge in [-0.15, -0.1) is 0 Å². The molecule has 45 heavy (non-hydrogen) atoms. The lowest BCUT2D eigenvalue weighted by molar-refractivity contribution is -0.870. The normalized spacial score (nSPS) is 10.7. The maximum atomic E-state index is 10.9. The fourth-order valence-electron chi connectivity index (χ4n) is 1.69. The summed E-state index contributed by atoms with van der Waals surface area (Å²) >= 11 is 0. The lowest BCUT2D eigenvalue weighted by atomic mass is 10.2. The van der Waals surface area contributed by atoms with E-state index in [0.29, 0.717) is 29.9 Å². The van der Waals surface area contributed by atoms with Gasteiger partial charge in [-0.05, 0) is 46.9 Å². The number of esters is 2. The second-order valence-corrected chi connectivity index (χ2v) is 12.7. The van der Waals surface area contributed by atoms with Gasteiger partial charge in [-0.25, -0.2) is 18.0 Å². The number of carbonyl (C=O) groups excluding carboxylic acids is 3. The first kappa shape index (κ1) is 51.2. The predicted octanol–water partition coefficient (Wildman–Crippen LogP) is 1.05. The van der Waals surface area contributed by atoms with Crippen molar-refractivity contribution in [1.82, 2.24) is 4.90 Å². The zero-order valence-corrected chi connectivity index (χ0v) is 30.1. The van der Waals surface area contributed by atoms with E-state index in [-0.39, 0.29) is 11.9 Å². The molecule has 0 saturated heterocycles. The number of hydrogen-bond donors (Lipinski definition) is 0. The van der Waals surface area contributed by atoms with Crippen molar-refractivity contribution in [2.75, 3.05) is 96.3 Å². The van der Waals surface area contributed by atoms with Crippen molar-refractivity contribution in [3.63, 3.8) is 0 Å². The van der Waals surface area contributed by atoms with E-state index in [2.05, 4.69) is 66.2 Å². The molecule has 0 amide bonds. The highest BCUT2D eigenvalue weighted by Crippen LogP contribution is 1.96. The molecule has 0 heterocycles. The van der Waals surface area contributed by atoms with Crippen molar-refractivity contribution >= 4 is 28.3 Å². The molecule has 0 aromatic carbocycles. The fourth-order valence-corrected chi connectivity index (χ4v) is 1.69. The third-order valence-electron chi connectivity index (χ3n) is 4.33. The number of ether oxygens (including phenoxy) is 2. The largest absolute Gasteiger partial charge is 0.726 e. The third-order valence-corrected chi connectivity index (χ3v) is 4.74. The van der Waals surface area contributed by atoms with Gasteiger partial charge in [0, 0.05) is 23.8 Å². The van der Waals surface area contributed by atoms with Gasteiger partial charge in [0.05, 0.1) is 61.4 Å². The van der Waals surface area contributed by atoms with Crippen molar-refractivity contribution in [2.24, 2.45) is 0 Å². The van der Waals surface area contributed by atoms with Crippen LogP contribution in [-0.2, 0) is 38.4 Å². The van der Waals surface area contributed by atoms with E-state index in [1.165, 1.54) is 6.08 Å². The van der Waals surface area contributed by atoms with E-state index < -0.39 is 16.4 Å². The van der Waals surface area contributed by atoms with Crippen LogP contribution >= 0.6 is 0 Å². The van der Waals surface area contributed by atoms with E-state index in [1.807, 2.05) is 19.0 Å². The standard InChI is InChI=1S/2C9H18NO2.C8H15NO2.C3H3N.CH4O4S/c2*1-8(2)9(11)12-7-6-10(3,4)5;1-7(8(10)11)5-4-6-9(2)3;1-2-3-4;1-5-6(2,3)4/h2*1,6-7H2,2-5H3;5H,4,6H2,1-3H3,(H,10,11);2H,1H2;1H3,(H,2,3,4)/q2*+1;;;/p-2. The zero-order valence-electron chi connectivity index (χ0n) is 29.3. The molecule has 0 aliphatic heterocycles. The van der Waals surface area contributed by atoms with Crippen LogP contribution in [0.2, 0.25) is 0 Å². The summed E-state index contributed by atoms with van der Waals surface area (Å²) in [6.45, 7) is 18.3. The van der Waals surface area contributed by atoms with Gasteiger partial charge in [0.2, 0.25) is 10.4 Å². The van der Waals surface area contributed by atoms with E-state index in [0.717, 1.165) is 42.1 Å². The van der Waals surface area contributed by atoms with Crippen LogP contribution in [0.5, 0.6) is 0 Å². The van der Waals surface area contributed by atoms with Crippen molar-refractivity contribution < 1.29 is 55.1 Å². The Morgan fingerprint density at radius 3 is 1.38 bits per heavy atom. The quantitative estimate of drug-likeness (QED) is 0.0681. The number of aliphatic carboxylic acids is 1. The van der Waals surface area contributed by atoms with E-state index in [4.69, 9.17) is 14.7 Å². The number of carboxylic acids is 1. The molecule has 262 valence electrons. The highest BCUT2D eigenvalue weighted by molar-refractivity contribution is 7.80. The zero-order chi connectivity index (χ0) is 37.0. The summed E-state index contributed by atoms with van der Waals surface area (Å²) in [6, 6.07) is 1.69.